The monoisotopic (exact) mass is 183 g/mol. The molecule has 3 N–H and O–H groups in total. The van der Waals surface area contributed by atoms with E-state index in [1.54, 1.807) is 0 Å². The van der Waals surface area contributed by atoms with Crippen LogP contribution in [0.1, 0.15) is 23.8 Å². The Labute approximate surface area is 76.2 Å². The summed E-state index contributed by atoms with van der Waals surface area (Å²) in [4.78, 5) is 17.7. The largest absolute Gasteiger partial charge is 0.394 e. The molecule has 0 spiro atoms. The molecule has 72 valence electrons. The summed E-state index contributed by atoms with van der Waals surface area (Å²) in [7, 11) is 0. The van der Waals surface area contributed by atoms with Crippen LogP contribution in [0.2, 0.25) is 0 Å². The summed E-state index contributed by atoms with van der Waals surface area (Å²) >= 11 is 0. The molecule has 0 fully saturated rings. The Morgan fingerprint density at radius 2 is 2.62 bits per heavy atom. The Balaban J connectivity index is 2.50. The van der Waals surface area contributed by atoms with Crippen molar-refractivity contribution in [1.82, 2.24) is 15.3 Å². The zero-order chi connectivity index (χ0) is 9.68. The highest BCUT2D eigenvalue weighted by Crippen LogP contribution is 1.94. The van der Waals surface area contributed by atoms with Crippen molar-refractivity contribution < 1.29 is 9.90 Å². The molecule has 1 heterocycles. The van der Waals surface area contributed by atoms with E-state index < -0.39 is 0 Å². The van der Waals surface area contributed by atoms with E-state index in [-0.39, 0.29) is 18.6 Å². The van der Waals surface area contributed by atoms with Crippen molar-refractivity contribution in [1.29, 1.82) is 0 Å². The van der Waals surface area contributed by atoms with Gasteiger partial charge in [0.2, 0.25) is 0 Å². The second-order valence-corrected chi connectivity index (χ2v) is 2.73. The van der Waals surface area contributed by atoms with Gasteiger partial charge in [-0.3, -0.25) is 4.79 Å². The van der Waals surface area contributed by atoms with Crippen molar-refractivity contribution in [3.63, 3.8) is 0 Å². The van der Waals surface area contributed by atoms with Crippen LogP contribution in [0, 0.1) is 0 Å². The number of hydrogen-bond donors (Lipinski definition) is 3. The molecule has 0 radical (unpaired) electrons. The first-order chi connectivity index (χ1) is 6.27. The molecule has 0 aliphatic carbocycles. The Hall–Kier alpha value is -1.36. The third-order valence-electron chi connectivity index (χ3n) is 1.79. The Morgan fingerprint density at radius 1 is 1.85 bits per heavy atom. The van der Waals surface area contributed by atoms with Crippen LogP contribution < -0.4 is 5.32 Å². The number of imidazole rings is 1. The van der Waals surface area contributed by atoms with E-state index in [0.717, 1.165) is 0 Å². The number of nitrogens with zero attached hydrogens (tertiary/aromatic N) is 1. The fourth-order valence-electron chi connectivity index (χ4n) is 0.920. The zero-order valence-corrected chi connectivity index (χ0v) is 7.45. The first-order valence-corrected chi connectivity index (χ1v) is 4.18. The number of aromatic amines is 1. The van der Waals surface area contributed by atoms with Gasteiger partial charge in [-0.25, -0.2) is 4.98 Å². The van der Waals surface area contributed by atoms with Gasteiger partial charge < -0.3 is 15.4 Å². The Bertz CT molecular complexity index is 254. The van der Waals surface area contributed by atoms with Crippen molar-refractivity contribution in [2.75, 3.05) is 6.61 Å². The molecule has 1 atom stereocenters. The van der Waals surface area contributed by atoms with Crippen molar-refractivity contribution in [2.45, 2.75) is 19.4 Å². The van der Waals surface area contributed by atoms with Crippen LogP contribution >= 0.6 is 0 Å². The van der Waals surface area contributed by atoms with Gasteiger partial charge in [0.25, 0.3) is 5.91 Å². The van der Waals surface area contributed by atoms with Crippen LogP contribution in [0.3, 0.4) is 0 Å². The number of H-pyrrole nitrogens is 1. The molecule has 1 amide bonds. The topological polar surface area (TPSA) is 78.0 Å². The zero-order valence-electron chi connectivity index (χ0n) is 7.45. The first-order valence-electron chi connectivity index (χ1n) is 4.18. The van der Waals surface area contributed by atoms with E-state index in [1.165, 1.54) is 12.5 Å². The molecule has 5 nitrogen and oxygen atoms in total. The maximum Gasteiger partial charge on any atom is 0.269 e. The molecule has 1 rings (SSSR count). The van der Waals surface area contributed by atoms with E-state index in [9.17, 15) is 4.79 Å². The molecular formula is C8H13N3O2. The minimum absolute atomic E-state index is 0.0453. The number of aromatic nitrogens is 2. The lowest BCUT2D eigenvalue weighted by Crippen LogP contribution is -2.37. The summed E-state index contributed by atoms with van der Waals surface area (Å²) in [6.07, 6.45) is 3.59. The van der Waals surface area contributed by atoms with Gasteiger partial charge in [-0.2, -0.15) is 0 Å². The van der Waals surface area contributed by atoms with Crippen LogP contribution in [0.5, 0.6) is 0 Å². The van der Waals surface area contributed by atoms with E-state index in [4.69, 9.17) is 5.11 Å². The summed E-state index contributed by atoms with van der Waals surface area (Å²) in [6.45, 7) is 1.85. The van der Waals surface area contributed by atoms with Crippen molar-refractivity contribution >= 4 is 5.91 Å². The number of carbonyl (C=O) groups excluding carboxylic acids is 1. The van der Waals surface area contributed by atoms with Crippen LogP contribution in [0.25, 0.3) is 0 Å². The highest BCUT2D eigenvalue weighted by molar-refractivity contribution is 5.92. The molecular weight excluding hydrogens is 170 g/mol. The quantitative estimate of drug-likeness (QED) is 0.610. The summed E-state index contributed by atoms with van der Waals surface area (Å²) in [5.74, 6) is -0.238. The highest BCUT2D eigenvalue weighted by Gasteiger charge is 2.11. The second-order valence-electron chi connectivity index (χ2n) is 2.73. The van der Waals surface area contributed by atoms with Gasteiger partial charge in [-0.05, 0) is 6.42 Å². The molecule has 1 aromatic rings. The molecule has 1 aromatic heterocycles. The molecule has 0 aliphatic heterocycles. The van der Waals surface area contributed by atoms with Gasteiger partial charge in [-0.1, -0.05) is 6.92 Å². The standard InChI is InChI=1S/C8H13N3O2/c1-2-6(4-12)11-8(13)7-3-9-5-10-7/h3,5-6,12H,2,4H2,1H3,(H,9,10)(H,11,13)/t6-/m0/s1. The van der Waals surface area contributed by atoms with E-state index in [1.807, 2.05) is 6.92 Å². The van der Waals surface area contributed by atoms with Crippen molar-refractivity contribution in [3.05, 3.63) is 18.2 Å². The minimum Gasteiger partial charge on any atom is -0.394 e. The number of aliphatic hydroxyl groups excluding tert-OH is 1. The number of aliphatic hydroxyl groups is 1. The van der Waals surface area contributed by atoms with Gasteiger partial charge in [0.1, 0.15) is 5.69 Å². The summed E-state index contributed by atoms with van der Waals surface area (Å²) in [5.41, 5.74) is 0.409. The predicted octanol–water partition coefficient (Wildman–Crippen LogP) is -0.0896. The molecule has 13 heavy (non-hydrogen) atoms. The third kappa shape index (κ3) is 2.55. The van der Waals surface area contributed by atoms with E-state index >= 15 is 0 Å². The molecule has 0 saturated heterocycles. The number of carbonyl (C=O) groups is 1. The molecule has 0 unspecified atom stereocenters. The van der Waals surface area contributed by atoms with Gasteiger partial charge >= 0.3 is 0 Å². The number of hydrogen-bond acceptors (Lipinski definition) is 3. The molecule has 0 bridgehead atoms. The van der Waals surface area contributed by atoms with Gasteiger partial charge in [0.05, 0.1) is 25.2 Å². The summed E-state index contributed by atoms with van der Waals surface area (Å²) < 4.78 is 0. The second kappa shape index (κ2) is 4.61. The van der Waals surface area contributed by atoms with Crippen molar-refractivity contribution in [2.24, 2.45) is 0 Å². The van der Waals surface area contributed by atoms with Crippen LogP contribution in [-0.2, 0) is 0 Å². The lowest BCUT2D eigenvalue weighted by Gasteiger charge is -2.12. The van der Waals surface area contributed by atoms with Gasteiger partial charge in [-0.15, -0.1) is 0 Å². The molecule has 0 aliphatic rings. The van der Waals surface area contributed by atoms with E-state index in [0.29, 0.717) is 12.1 Å². The maximum absolute atomic E-state index is 11.3. The highest BCUT2D eigenvalue weighted by atomic mass is 16.3. The van der Waals surface area contributed by atoms with Crippen LogP contribution in [0.15, 0.2) is 12.5 Å². The van der Waals surface area contributed by atoms with Gasteiger partial charge in [0.15, 0.2) is 0 Å². The average molecular weight is 183 g/mol. The predicted molar refractivity (Wildman–Crippen MR) is 47.2 cm³/mol. The first kappa shape index (κ1) is 9.73. The van der Waals surface area contributed by atoms with Gasteiger partial charge in [0, 0.05) is 0 Å². The van der Waals surface area contributed by atoms with Crippen LogP contribution in [-0.4, -0.2) is 33.6 Å². The summed E-state index contributed by atoms with van der Waals surface area (Å²) in [5, 5.41) is 11.5. The maximum atomic E-state index is 11.3. The fourth-order valence-corrected chi connectivity index (χ4v) is 0.920. The smallest absolute Gasteiger partial charge is 0.269 e. The van der Waals surface area contributed by atoms with Crippen LogP contribution in [0.4, 0.5) is 0 Å². The fraction of sp³-hybridized carbons (Fsp3) is 0.500. The average Bonchev–Trinajstić information content (AvgIpc) is 2.66. The molecule has 0 aromatic carbocycles. The van der Waals surface area contributed by atoms with E-state index in [2.05, 4.69) is 15.3 Å². The molecule has 0 saturated carbocycles. The summed E-state index contributed by atoms with van der Waals surface area (Å²) in [6, 6.07) is -0.184. The minimum atomic E-state index is -0.238. The number of rotatable bonds is 4. The number of nitrogens with one attached hydrogen (secondary N) is 2. The van der Waals surface area contributed by atoms with Crippen molar-refractivity contribution in [3.8, 4) is 0 Å². The lowest BCUT2D eigenvalue weighted by atomic mass is 10.2. The normalized spacial score (nSPS) is 12.5. The molecule has 5 heteroatoms. The number of amides is 1. The Morgan fingerprint density at radius 3 is 3.08 bits per heavy atom. The third-order valence-corrected chi connectivity index (χ3v) is 1.79. The SMILES string of the molecule is CC[C@@H](CO)NC(=O)c1cnc[nH]1. The Kier molecular flexibility index (Phi) is 3.45. The lowest BCUT2D eigenvalue weighted by molar-refractivity contribution is 0.0910.